The number of aliphatic carboxylic acids is 2. The van der Waals surface area contributed by atoms with Crippen LogP contribution in [0.15, 0.2) is 0 Å². The molecule has 55 nitrogen and oxygen atoms in total. The molecule has 558 valence electrons. The predicted octanol–water partition coefficient (Wildman–Crippen LogP) is -52.6. The molecule has 0 aromatic carbocycles. The monoisotopic (exact) mass is 1830 g/mol. The summed E-state index contributed by atoms with van der Waals surface area (Å²) in [4.78, 5) is 25.7. The van der Waals surface area contributed by atoms with Gasteiger partial charge in [-0.1, -0.05) is 0 Å². The van der Waals surface area contributed by atoms with E-state index in [9.17, 15) is 162 Å². The normalized spacial score (nSPS) is 33.8. The zero-order chi connectivity index (χ0) is 72.6. The topological polar surface area (TPSA) is 880 Å². The van der Waals surface area contributed by atoms with E-state index in [0.29, 0.717) is 7.11 Å². The summed E-state index contributed by atoms with van der Waals surface area (Å²) in [6.07, 6.45) is -70.1. The van der Waals surface area contributed by atoms with Gasteiger partial charge in [0, 0.05) is 7.11 Å². The molecule has 0 spiro atoms. The molecule has 5 rings (SSSR count). The first-order valence-corrected chi connectivity index (χ1v) is 36.2. The van der Waals surface area contributed by atoms with Gasteiger partial charge in [-0.25, -0.2) is 89.9 Å². The Bertz CT molecular complexity index is 3820. The number of rotatable bonds is 32. The van der Waals surface area contributed by atoms with Gasteiger partial charge in [0.15, 0.2) is 68.5 Å². The molecule has 0 aromatic rings. The second kappa shape index (κ2) is 52.2. The van der Waals surface area contributed by atoms with E-state index in [4.69, 9.17) is 47.4 Å². The maximum Gasteiger partial charge on any atom is 1.00 e. The minimum Gasteiger partial charge on any atom is -0.735 e. The van der Waals surface area contributed by atoms with Crippen LogP contribution >= 0.6 is 0 Å². The van der Waals surface area contributed by atoms with Crippen LogP contribution in [0.4, 0.5) is 0 Å². The van der Waals surface area contributed by atoms with Crippen LogP contribution in [0, 0.1) is 0 Å². The van der Waals surface area contributed by atoms with Gasteiger partial charge in [0.25, 0.3) is 0 Å². The molecule has 0 unspecified atom stereocenters. The number of hydrogen-bond donors (Lipinski definition) is 8. The van der Waals surface area contributed by atoms with Crippen molar-refractivity contribution in [2.24, 2.45) is 0 Å². The number of methoxy groups -OCH3 is 1. The Morgan fingerprint density at radius 1 is 0.321 bits per heavy atom. The molecule has 5 heterocycles. The molecule has 5 aliphatic heterocycles. The average Bonchev–Trinajstić information content (AvgIpc) is 0.756. The molecule has 5 saturated heterocycles. The number of hydrogen-bond acceptors (Lipinski definition) is 52. The van der Waals surface area contributed by atoms with E-state index < -0.39 is 278 Å². The summed E-state index contributed by atoms with van der Waals surface area (Å²) in [6, 6.07) is -8.95. The van der Waals surface area contributed by atoms with Gasteiger partial charge in [-0.2, -0.15) is 0 Å². The number of ether oxygens (including phenoxy) is 10. The van der Waals surface area contributed by atoms with Gasteiger partial charge in [0.1, 0.15) is 116 Å². The van der Waals surface area contributed by atoms with Crippen LogP contribution < -0.4 is 350 Å². The number of carbonyl (C=O) groups excluding carboxylic acids is 2. The van der Waals surface area contributed by atoms with Gasteiger partial charge in [-0.15, -0.1) is 0 Å². The summed E-state index contributed by atoms with van der Waals surface area (Å²) in [5.41, 5.74) is 0. The number of aliphatic hydroxyl groups excluding tert-OH is 5. The van der Waals surface area contributed by atoms with Crippen LogP contribution in [0.3, 0.4) is 0 Å². The van der Waals surface area contributed by atoms with Crippen LogP contribution in [0.1, 0.15) is 0 Å². The maximum atomic E-state index is 13.0. The summed E-state index contributed by atoms with van der Waals surface area (Å²) in [5, 5.41) is 80.8. The van der Waals surface area contributed by atoms with Gasteiger partial charge in [0.2, 0.25) is 62.4 Å². The Balaban J connectivity index is -0.00000178. The number of carboxylic acids is 2. The van der Waals surface area contributed by atoms with Crippen molar-refractivity contribution in [2.75, 3.05) is 26.9 Å². The van der Waals surface area contributed by atoms with E-state index in [1.165, 1.54) is 0 Å². The van der Waals surface area contributed by atoms with E-state index in [1.807, 2.05) is 0 Å². The predicted molar refractivity (Wildman–Crippen MR) is 250 cm³/mol. The maximum absolute atomic E-state index is 13.0. The molecule has 0 radical (unpaired) electrons. The summed E-state index contributed by atoms with van der Waals surface area (Å²) in [5.74, 6) is -5.80. The molecule has 106 heavy (non-hydrogen) atoms. The van der Waals surface area contributed by atoms with Gasteiger partial charge in [-0.05, 0) is 0 Å². The standard InChI is InChI=1S/C31H53N3O52S9.11Na/c1-71-27-9(33-88(47,48)49)13(37)16(6(76-27)3-73-91(56,57)58)78-31-24(86-95(68,69)70)21(85-94(65,66)67)20(23(83-31)26(42)43)81-29-10(34-89(50,51)52)18(84-93(62,63)64)17(7(77-29)4-74-92(59,60)61)79-30-15(39)14(38)19(22(82-30)25(40)41)80-28-8(32-87(44,45)46)12(36)11(35)5(75-28)2-72-90(53,54)55;;;;;;;;;;;/h5-24,27-39H,2-4H2,1H3,(H,40,41)(H,42,43)(H,44,45,46)(H,47,48,49)(H,50,51,52)(H,53,54,55)(H,56,57,58)(H,59,60,61)(H,62,63,64)(H,65,66,67)(H,68,69,70);;;;;;;;;;;/q;11*+1/p-11/t5-,6-,7-,8-,9-,10-,11-,12-,13-,14-,15-,16-,17-,18-,19+,20+,21+,22+,23-,24-,27+,28-,29+,30-,31-;;;;;;;;;;;/m1.........../s1. The third-order valence-electron chi connectivity index (χ3n) is 12.6. The van der Waals surface area contributed by atoms with Crippen molar-refractivity contribution >= 4 is 105 Å². The summed E-state index contributed by atoms with van der Waals surface area (Å²) in [6.45, 7) is -5.71. The Labute approximate surface area is 844 Å². The molecule has 8 N–H and O–H groups in total. The van der Waals surface area contributed by atoms with Crippen molar-refractivity contribution in [1.29, 1.82) is 0 Å². The molecule has 75 heteroatoms. The van der Waals surface area contributed by atoms with E-state index in [1.54, 1.807) is 0 Å². The molecule has 0 saturated carbocycles. The van der Waals surface area contributed by atoms with E-state index in [2.05, 4.69) is 25.1 Å². The van der Waals surface area contributed by atoms with Crippen molar-refractivity contribution < 1.29 is 560 Å². The molecule has 0 aromatic heterocycles. The smallest absolute Gasteiger partial charge is 0.735 e. The second-order valence-corrected chi connectivity index (χ2v) is 28.6. The van der Waals surface area contributed by atoms with Crippen molar-refractivity contribution in [3.8, 4) is 0 Å². The van der Waals surface area contributed by atoms with Crippen LogP contribution in [-0.4, -0.2) is 334 Å². The SMILES string of the molecule is CO[C@H]1O[C@H](COS(=O)(=O)[O-])[C@@H](O[C@@H]2O[C@@H](C(=O)[O-])[C@@H](O[C@@H]3O[C@H](COS(=O)(=O)[O-])[C@@H](O[C@@H]4O[C@H](C(=O)[O-])[C@@H](O[C@H]5O[C@H](COS(=O)(=O)[O-])[C@@H](O)[C@H](O)[C@H]5NS(=O)(=O)[O-])[C@H](O)[C@H]4O)[C@H](OS(=O)(=O)[O-])[C@H]3NS(=O)(=O)[O-])[C@H](OS(=O)(=O)[O-])[C@H]2OS(=O)(=O)[O-])[C@H](O)[C@H]1NS(=O)(=O)[O-].[Na+].[Na+].[Na+].[Na+].[Na+].[Na+].[Na+].[Na+].[Na+].[Na+].[Na+]. The number of nitrogens with one attached hydrogen (secondary N) is 3. The van der Waals surface area contributed by atoms with Crippen LogP contribution in [0.2, 0.25) is 0 Å². The fraction of sp³-hybridized carbons (Fsp3) is 0.935. The molecular weight excluding hydrogens is 1790 g/mol. The molecule has 5 aliphatic rings. The van der Waals surface area contributed by atoms with Crippen LogP contribution in [0.5, 0.6) is 0 Å². The summed E-state index contributed by atoms with van der Waals surface area (Å²) >= 11 is 0. The van der Waals surface area contributed by atoms with Gasteiger partial charge in [0.05, 0.1) is 31.8 Å². The van der Waals surface area contributed by atoms with Crippen LogP contribution in [-0.2, 0) is 175 Å². The largest absolute Gasteiger partial charge is 1.00 e. The summed E-state index contributed by atoms with van der Waals surface area (Å²) in [7, 11) is -56.2. The molecule has 0 amide bonds. The molecule has 0 aliphatic carbocycles. The number of carboxylic acid groups (broad SMARTS) is 2. The first-order chi connectivity index (χ1) is 42.8. The van der Waals surface area contributed by atoms with Crippen molar-refractivity contribution in [3.63, 3.8) is 0 Å². The van der Waals surface area contributed by atoms with Crippen LogP contribution in [0.25, 0.3) is 0 Å². The van der Waals surface area contributed by atoms with E-state index >= 15 is 0 Å². The molecule has 5 fully saturated rings. The fourth-order valence-electron chi connectivity index (χ4n) is 9.16. The van der Waals surface area contributed by atoms with Gasteiger partial charge < -0.3 is 134 Å². The zero-order valence-corrected chi connectivity index (χ0v) is 85.5. The molecular formula is C31H42N3Na11O52S9. The Morgan fingerprint density at radius 3 is 1.03 bits per heavy atom. The molecule has 25 atom stereocenters. The Hall–Kier alpha value is 8.17. The first-order valence-electron chi connectivity index (χ1n) is 24.0. The zero-order valence-electron chi connectivity index (χ0n) is 56.2. The third kappa shape index (κ3) is 41.8. The number of carbonyl (C=O) groups is 2. The number of aliphatic hydroxyl groups is 5. The summed E-state index contributed by atoms with van der Waals surface area (Å²) < 4.78 is 402. The van der Waals surface area contributed by atoms with Crippen molar-refractivity contribution in [1.82, 2.24) is 14.2 Å². The quantitative estimate of drug-likeness (QED) is 0.0176. The fourth-order valence-corrected chi connectivity index (χ4v) is 13.3. The van der Waals surface area contributed by atoms with E-state index in [-0.39, 0.29) is 325 Å². The van der Waals surface area contributed by atoms with E-state index in [0.717, 1.165) is 14.2 Å². The van der Waals surface area contributed by atoms with Gasteiger partial charge >= 0.3 is 325 Å². The van der Waals surface area contributed by atoms with Crippen molar-refractivity contribution in [3.05, 3.63) is 0 Å². The van der Waals surface area contributed by atoms with Crippen molar-refractivity contribution in [2.45, 2.75) is 153 Å². The Morgan fingerprint density at radius 2 is 0.632 bits per heavy atom. The van der Waals surface area contributed by atoms with Gasteiger partial charge in [-0.3, -0.25) is 25.1 Å². The average molecular weight is 1830 g/mol. The molecule has 0 bridgehead atoms. The Kier molecular flexibility index (Phi) is 62.7. The second-order valence-electron chi connectivity index (χ2n) is 19.0. The first kappa shape index (κ1) is 127. The minimum atomic E-state index is -6.83. The minimum absolute atomic E-state index is 0. The third-order valence-corrected chi connectivity index (χ3v) is 16.9.